The summed E-state index contributed by atoms with van der Waals surface area (Å²) in [7, 11) is 4.99. The van der Waals surface area contributed by atoms with E-state index in [1.807, 2.05) is 28.9 Å². The van der Waals surface area contributed by atoms with Gasteiger partial charge in [0.15, 0.2) is 17.3 Å². The standard InChI is InChI=1S/C25H34N6O3/c1-25(2,3)31-24(26-27-28-31)23(18-7-12-21(33-5)22(17-18)34-6)30-15-13-29(14-16-30)19-8-10-20(32-4)11-9-19/h7-12,17,23H,13-16H2,1-6H3/t23-/m0/s1. The molecule has 1 saturated heterocycles. The summed E-state index contributed by atoms with van der Waals surface area (Å²) in [6, 6.07) is 14.2. The lowest BCUT2D eigenvalue weighted by molar-refractivity contribution is 0.191. The van der Waals surface area contributed by atoms with Crippen LogP contribution >= 0.6 is 0 Å². The lowest BCUT2D eigenvalue weighted by Crippen LogP contribution is -2.48. The molecule has 0 spiro atoms. The second-order valence-electron chi connectivity index (χ2n) is 9.36. The lowest BCUT2D eigenvalue weighted by atomic mass is 10.0. The number of ether oxygens (including phenoxy) is 3. The maximum atomic E-state index is 5.60. The molecule has 9 nitrogen and oxygen atoms in total. The van der Waals surface area contributed by atoms with Gasteiger partial charge in [-0.05, 0) is 73.2 Å². The Morgan fingerprint density at radius 3 is 2.09 bits per heavy atom. The molecule has 1 aromatic heterocycles. The van der Waals surface area contributed by atoms with E-state index in [0.29, 0.717) is 11.5 Å². The van der Waals surface area contributed by atoms with Crippen molar-refractivity contribution in [3.05, 3.63) is 53.9 Å². The van der Waals surface area contributed by atoms with Crippen molar-refractivity contribution < 1.29 is 14.2 Å². The monoisotopic (exact) mass is 466 g/mol. The minimum absolute atomic E-state index is 0.118. The molecule has 0 unspecified atom stereocenters. The van der Waals surface area contributed by atoms with E-state index < -0.39 is 0 Å². The second kappa shape index (κ2) is 9.89. The number of piperazine rings is 1. The van der Waals surface area contributed by atoms with Crippen molar-refractivity contribution in [3.8, 4) is 17.2 Å². The Morgan fingerprint density at radius 2 is 1.50 bits per heavy atom. The molecule has 4 rings (SSSR count). The summed E-state index contributed by atoms with van der Waals surface area (Å²) < 4.78 is 18.3. The maximum Gasteiger partial charge on any atom is 0.173 e. The van der Waals surface area contributed by atoms with Gasteiger partial charge in [0, 0.05) is 31.9 Å². The highest BCUT2D eigenvalue weighted by atomic mass is 16.5. The van der Waals surface area contributed by atoms with Crippen molar-refractivity contribution in [1.29, 1.82) is 0 Å². The summed E-state index contributed by atoms with van der Waals surface area (Å²) >= 11 is 0. The molecule has 0 aliphatic carbocycles. The van der Waals surface area contributed by atoms with Gasteiger partial charge in [-0.2, -0.15) is 0 Å². The van der Waals surface area contributed by atoms with Crippen molar-refractivity contribution in [2.45, 2.75) is 32.4 Å². The number of anilines is 1. The third-order valence-corrected chi connectivity index (χ3v) is 6.21. The summed E-state index contributed by atoms with van der Waals surface area (Å²) in [5.41, 5.74) is 2.01. The molecule has 0 amide bonds. The first-order valence-electron chi connectivity index (χ1n) is 11.5. The fraction of sp³-hybridized carbons (Fsp3) is 0.480. The molecular weight excluding hydrogens is 432 g/mol. The highest BCUT2D eigenvalue weighted by Crippen LogP contribution is 2.36. The van der Waals surface area contributed by atoms with E-state index in [9.17, 15) is 0 Å². The van der Waals surface area contributed by atoms with Gasteiger partial charge in [0.25, 0.3) is 0 Å². The zero-order valence-electron chi connectivity index (χ0n) is 20.9. The van der Waals surface area contributed by atoms with Crippen molar-refractivity contribution in [2.24, 2.45) is 0 Å². The Hall–Kier alpha value is -3.33. The minimum atomic E-state index is -0.251. The molecule has 3 aromatic rings. The topological polar surface area (TPSA) is 77.8 Å². The third-order valence-electron chi connectivity index (χ3n) is 6.21. The van der Waals surface area contributed by atoms with Crippen LogP contribution < -0.4 is 19.1 Å². The van der Waals surface area contributed by atoms with Crippen LogP contribution in [0.4, 0.5) is 5.69 Å². The normalized spacial score (nSPS) is 15.8. The fourth-order valence-electron chi connectivity index (χ4n) is 4.42. The molecule has 2 heterocycles. The van der Waals surface area contributed by atoms with Gasteiger partial charge in [-0.3, -0.25) is 4.90 Å². The van der Waals surface area contributed by atoms with E-state index in [0.717, 1.165) is 43.3 Å². The van der Waals surface area contributed by atoms with Crippen LogP contribution in [-0.2, 0) is 5.54 Å². The average molecular weight is 467 g/mol. The van der Waals surface area contributed by atoms with Crippen LogP contribution in [0.3, 0.4) is 0 Å². The minimum Gasteiger partial charge on any atom is -0.497 e. The molecule has 0 saturated carbocycles. The van der Waals surface area contributed by atoms with E-state index in [-0.39, 0.29) is 11.6 Å². The lowest BCUT2D eigenvalue weighted by Gasteiger charge is -2.40. The molecule has 1 aliphatic rings. The van der Waals surface area contributed by atoms with Crippen molar-refractivity contribution >= 4 is 5.69 Å². The van der Waals surface area contributed by atoms with Gasteiger partial charge in [0.2, 0.25) is 0 Å². The Bertz CT molecular complexity index is 1080. The van der Waals surface area contributed by atoms with Crippen LogP contribution in [0.2, 0.25) is 0 Å². The number of hydrogen-bond donors (Lipinski definition) is 0. The summed E-state index contributed by atoms with van der Waals surface area (Å²) in [6.07, 6.45) is 0. The molecule has 182 valence electrons. The van der Waals surface area contributed by atoms with Crippen LogP contribution in [-0.4, -0.2) is 72.6 Å². The van der Waals surface area contributed by atoms with Crippen LogP contribution in [0.15, 0.2) is 42.5 Å². The molecular formula is C25H34N6O3. The predicted octanol–water partition coefficient (Wildman–Crippen LogP) is 3.37. The van der Waals surface area contributed by atoms with Gasteiger partial charge in [0.1, 0.15) is 5.75 Å². The van der Waals surface area contributed by atoms with Gasteiger partial charge >= 0.3 is 0 Å². The molecule has 1 aliphatic heterocycles. The van der Waals surface area contributed by atoms with E-state index in [4.69, 9.17) is 14.2 Å². The fourth-order valence-corrected chi connectivity index (χ4v) is 4.42. The Morgan fingerprint density at radius 1 is 0.824 bits per heavy atom. The largest absolute Gasteiger partial charge is 0.497 e. The zero-order valence-corrected chi connectivity index (χ0v) is 20.9. The first kappa shape index (κ1) is 23.8. The summed E-state index contributed by atoms with van der Waals surface area (Å²) in [5.74, 6) is 3.07. The highest BCUT2D eigenvalue weighted by molar-refractivity contribution is 5.50. The van der Waals surface area contributed by atoms with Gasteiger partial charge in [-0.1, -0.05) is 6.07 Å². The first-order chi connectivity index (χ1) is 16.4. The van der Waals surface area contributed by atoms with Crippen molar-refractivity contribution in [1.82, 2.24) is 25.1 Å². The van der Waals surface area contributed by atoms with E-state index in [1.54, 1.807) is 21.3 Å². The van der Waals surface area contributed by atoms with Gasteiger partial charge < -0.3 is 19.1 Å². The van der Waals surface area contributed by atoms with Crippen LogP contribution in [0.1, 0.15) is 38.2 Å². The highest BCUT2D eigenvalue weighted by Gasteiger charge is 2.33. The number of tetrazole rings is 1. The number of methoxy groups -OCH3 is 3. The smallest absolute Gasteiger partial charge is 0.173 e. The van der Waals surface area contributed by atoms with Crippen LogP contribution in [0.25, 0.3) is 0 Å². The quantitative estimate of drug-likeness (QED) is 0.525. The maximum absolute atomic E-state index is 5.60. The third kappa shape index (κ3) is 4.79. The van der Waals surface area contributed by atoms with Crippen molar-refractivity contribution in [2.75, 3.05) is 52.4 Å². The summed E-state index contributed by atoms with van der Waals surface area (Å²) in [6.45, 7) is 9.85. The van der Waals surface area contributed by atoms with E-state index in [1.165, 1.54) is 5.69 Å². The molecule has 9 heteroatoms. The molecule has 1 fully saturated rings. The van der Waals surface area contributed by atoms with Crippen LogP contribution in [0, 0.1) is 0 Å². The molecule has 0 bridgehead atoms. The first-order valence-corrected chi connectivity index (χ1v) is 11.5. The molecule has 2 aromatic carbocycles. The average Bonchev–Trinajstić information content (AvgIpc) is 3.35. The Kier molecular flexibility index (Phi) is 6.92. The second-order valence-corrected chi connectivity index (χ2v) is 9.36. The summed E-state index contributed by atoms with van der Waals surface area (Å²) in [5, 5.41) is 12.9. The number of aromatic nitrogens is 4. The van der Waals surface area contributed by atoms with Gasteiger partial charge in [0.05, 0.1) is 32.9 Å². The van der Waals surface area contributed by atoms with Gasteiger partial charge in [-0.25, -0.2) is 4.68 Å². The molecule has 0 N–H and O–H groups in total. The molecule has 1 atom stereocenters. The SMILES string of the molecule is COc1ccc(N2CCN([C@@H](c3ccc(OC)c(OC)c3)c3nnnn3C(C)(C)C)CC2)cc1. The molecule has 0 radical (unpaired) electrons. The van der Waals surface area contributed by atoms with E-state index >= 15 is 0 Å². The van der Waals surface area contributed by atoms with E-state index in [2.05, 4.69) is 64.3 Å². The Balaban J connectivity index is 1.65. The van der Waals surface area contributed by atoms with Gasteiger partial charge in [-0.15, -0.1) is 5.10 Å². The number of hydrogen-bond acceptors (Lipinski definition) is 8. The van der Waals surface area contributed by atoms with Crippen molar-refractivity contribution in [3.63, 3.8) is 0 Å². The zero-order chi connectivity index (χ0) is 24.3. The van der Waals surface area contributed by atoms with Crippen LogP contribution in [0.5, 0.6) is 17.2 Å². The number of benzene rings is 2. The predicted molar refractivity (Wildman–Crippen MR) is 131 cm³/mol. The summed E-state index contributed by atoms with van der Waals surface area (Å²) in [4.78, 5) is 4.84. The Labute approximate surface area is 201 Å². The number of nitrogens with zero attached hydrogens (tertiary/aromatic N) is 6. The number of rotatable bonds is 7. The molecule has 34 heavy (non-hydrogen) atoms.